The summed E-state index contributed by atoms with van der Waals surface area (Å²) < 4.78 is 18.6. The van der Waals surface area contributed by atoms with Crippen LogP contribution in [-0.4, -0.2) is 48.6 Å². The number of H-pyrrole nitrogens is 1. The van der Waals surface area contributed by atoms with E-state index in [0.717, 1.165) is 25.8 Å². The van der Waals surface area contributed by atoms with E-state index in [9.17, 15) is 9.18 Å². The molecular formula is C19H25FN4O2S. The molecule has 6 nitrogen and oxygen atoms in total. The minimum absolute atomic E-state index is 0.105. The number of thiophene rings is 1. The fourth-order valence-corrected chi connectivity index (χ4v) is 4.58. The van der Waals surface area contributed by atoms with E-state index in [2.05, 4.69) is 26.7 Å². The molecule has 0 aliphatic carbocycles. The highest BCUT2D eigenvalue weighted by Crippen LogP contribution is 2.26. The molecule has 0 bridgehead atoms. The summed E-state index contributed by atoms with van der Waals surface area (Å²) in [6.07, 6.45) is 4.14. The number of aromatic amines is 1. The average molecular weight is 393 g/mol. The molecule has 4 rings (SSSR count). The summed E-state index contributed by atoms with van der Waals surface area (Å²) in [5.74, 6) is 1.12. The summed E-state index contributed by atoms with van der Waals surface area (Å²) in [5.41, 5.74) is 1.12. The Hall–Kier alpha value is -1.93. The van der Waals surface area contributed by atoms with Gasteiger partial charge in [-0.3, -0.25) is 9.78 Å². The van der Waals surface area contributed by atoms with Crippen molar-refractivity contribution in [2.75, 3.05) is 36.0 Å². The van der Waals surface area contributed by atoms with E-state index in [1.807, 2.05) is 0 Å². The second kappa shape index (κ2) is 8.39. The Bertz CT molecular complexity index is 797. The summed E-state index contributed by atoms with van der Waals surface area (Å²) in [7, 11) is 0. The third-order valence-electron chi connectivity index (χ3n) is 5.26. The van der Waals surface area contributed by atoms with Crippen LogP contribution in [0.5, 0.6) is 0 Å². The Labute approximate surface area is 162 Å². The first-order chi connectivity index (χ1) is 13.2. The number of morpholine rings is 1. The van der Waals surface area contributed by atoms with Crippen LogP contribution in [0, 0.1) is 0 Å². The summed E-state index contributed by atoms with van der Waals surface area (Å²) >= 11 is 1.71. The zero-order valence-corrected chi connectivity index (χ0v) is 16.1. The van der Waals surface area contributed by atoms with Gasteiger partial charge in [-0.15, -0.1) is 0 Å². The number of nitrogens with one attached hydrogen (secondary N) is 1. The minimum Gasteiger partial charge on any atom is -0.349 e. The van der Waals surface area contributed by atoms with E-state index in [-0.39, 0.29) is 12.1 Å². The van der Waals surface area contributed by atoms with Crippen molar-refractivity contribution in [3.8, 4) is 0 Å². The molecule has 2 aliphatic rings. The van der Waals surface area contributed by atoms with Gasteiger partial charge in [0.15, 0.2) is 0 Å². The fourth-order valence-electron chi connectivity index (χ4n) is 3.90. The van der Waals surface area contributed by atoms with Crippen LogP contribution in [-0.2, 0) is 11.2 Å². The second-order valence-electron chi connectivity index (χ2n) is 7.19. The van der Waals surface area contributed by atoms with Crippen LogP contribution in [0.25, 0.3) is 0 Å². The Morgan fingerprint density at radius 3 is 3.07 bits per heavy atom. The van der Waals surface area contributed by atoms with Gasteiger partial charge in [0.1, 0.15) is 5.82 Å². The van der Waals surface area contributed by atoms with Crippen LogP contribution in [0.15, 0.2) is 27.7 Å². The molecule has 2 fully saturated rings. The van der Waals surface area contributed by atoms with Crippen LogP contribution in [0.3, 0.4) is 0 Å². The van der Waals surface area contributed by atoms with Crippen LogP contribution < -0.4 is 15.4 Å². The van der Waals surface area contributed by atoms with Crippen molar-refractivity contribution in [2.45, 2.75) is 44.5 Å². The van der Waals surface area contributed by atoms with E-state index >= 15 is 0 Å². The van der Waals surface area contributed by atoms with Gasteiger partial charge in [0.25, 0.3) is 5.56 Å². The molecule has 0 saturated carbocycles. The van der Waals surface area contributed by atoms with Crippen molar-refractivity contribution in [3.63, 3.8) is 0 Å². The number of alkyl halides is 1. The molecular weight excluding hydrogens is 367 g/mol. The van der Waals surface area contributed by atoms with Gasteiger partial charge in [0.05, 0.1) is 13.2 Å². The van der Waals surface area contributed by atoms with E-state index < -0.39 is 6.36 Å². The molecule has 0 radical (unpaired) electrons. The lowest BCUT2D eigenvalue weighted by molar-refractivity contribution is -0.0467. The minimum atomic E-state index is -1.34. The summed E-state index contributed by atoms with van der Waals surface area (Å²) in [4.78, 5) is 24.0. The van der Waals surface area contributed by atoms with E-state index in [0.29, 0.717) is 31.0 Å². The molecule has 2 aliphatic heterocycles. The van der Waals surface area contributed by atoms with Crippen molar-refractivity contribution >= 4 is 23.1 Å². The largest absolute Gasteiger partial charge is 0.349 e. The maximum Gasteiger partial charge on any atom is 0.254 e. The zero-order chi connectivity index (χ0) is 18.6. The molecule has 2 atom stereocenters. The molecule has 2 aromatic rings. The molecule has 0 amide bonds. The van der Waals surface area contributed by atoms with Gasteiger partial charge in [0, 0.05) is 25.2 Å². The fraction of sp³-hybridized carbons (Fsp3) is 0.579. The van der Waals surface area contributed by atoms with E-state index in [1.54, 1.807) is 16.2 Å². The molecule has 2 aromatic heterocycles. The van der Waals surface area contributed by atoms with Crippen LogP contribution in [0.1, 0.15) is 31.2 Å². The molecule has 1 N–H and O–H groups in total. The summed E-state index contributed by atoms with van der Waals surface area (Å²) in [6.45, 7) is 1.81. The van der Waals surface area contributed by atoms with E-state index in [4.69, 9.17) is 9.72 Å². The van der Waals surface area contributed by atoms with Gasteiger partial charge >= 0.3 is 0 Å². The first-order valence-electron chi connectivity index (χ1n) is 9.59. The number of halogens is 1. The predicted molar refractivity (Wildman–Crippen MR) is 106 cm³/mol. The Morgan fingerprint density at radius 2 is 2.26 bits per heavy atom. The summed E-state index contributed by atoms with van der Waals surface area (Å²) in [5, 5.41) is 4.29. The van der Waals surface area contributed by atoms with Gasteiger partial charge < -0.3 is 14.5 Å². The predicted octanol–water partition coefficient (Wildman–Crippen LogP) is 2.96. The van der Waals surface area contributed by atoms with Crippen LogP contribution in [0.2, 0.25) is 0 Å². The number of ether oxygens (including phenoxy) is 1. The lowest BCUT2D eigenvalue weighted by Gasteiger charge is -2.33. The highest BCUT2D eigenvalue weighted by molar-refractivity contribution is 7.07. The van der Waals surface area contributed by atoms with Crippen molar-refractivity contribution in [1.82, 2.24) is 9.97 Å². The van der Waals surface area contributed by atoms with Crippen molar-refractivity contribution in [3.05, 3.63) is 38.8 Å². The third-order valence-corrected chi connectivity index (χ3v) is 6.00. The first kappa shape index (κ1) is 18.4. The highest BCUT2D eigenvalue weighted by atomic mass is 32.1. The lowest BCUT2D eigenvalue weighted by atomic mass is 10.0. The highest BCUT2D eigenvalue weighted by Gasteiger charge is 2.26. The first-order valence-corrected chi connectivity index (χ1v) is 10.5. The number of nitrogens with zero attached hydrogens (tertiary/aromatic N) is 3. The molecule has 0 unspecified atom stereocenters. The molecule has 8 heteroatoms. The van der Waals surface area contributed by atoms with Gasteiger partial charge in [-0.25, -0.2) is 4.39 Å². The average Bonchev–Trinajstić information content (AvgIpc) is 3.05. The number of hydrogen-bond donors (Lipinski definition) is 1. The van der Waals surface area contributed by atoms with E-state index in [1.165, 1.54) is 24.5 Å². The van der Waals surface area contributed by atoms with Gasteiger partial charge in [0.2, 0.25) is 12.3 Å². The van der Waals surface area contributed by atoms with Gasteiger partial charge in [-0.05, 0) is 41.7 Å². The topological polar surface area (TPSA) is 61.5 Å². The molecule has 4 heterocycles. The van der Waals surface area contributed by atoms with Crippen LogP contribution >= 0.6 is 11.3 Å². The standard InChI is InChI=1S/C19H25FN4O2S/c20-16-12-23(7-8-26-16)17-11-18(25)22-19(21-17)24-6-3-1-2-4-15(24)10-14-5-9-27-13-14/h5,9,11,13,15-16H,1-4,6-8,10,12H2,(H,21,22,25)/t15-,16+/m1/s1. The quantitative estimate of drug-likeness (QED) is 0.867. The number of rotatable bonds is 4. The monoisotopic (exact) mass is 392 g/mol. The van der Waals surface area contributed by atoms with Crippen molar-refractivity contribution < 1.29 is 9.13 Å². The number of anilines is 2. The normalized spacial score (nSPS) is 24.0. The molecule has 146 valence electrons. The smallest absolute Gasteiger partial charge is 0.254 e. The molecule has 0 aromatic carbocycles. The molecule has 0 spiro atoms. The van der Waals surface area contributed by atoms with Crippen molar-refractivity contribution in [2.24, 2.45) is 0 Å². The maximum absolute atomic E-state index is 13.6. The Balaban J connectivity index is 1.61. The SMILES string of the molecule is O=c1cc(N2CCO[C@H](F)C2)nc(N2CCCCC[C@@H]2Cc2ccsc2)[nH]1. The number of aromatic nitrogens is 2. The zero-order valence-electron chi connectivity index (χ0n) is 15.3. The lowest BCUT2D eigenvalue weighted by Crippen LogP contribution is -2.43. The Morgan fingerprint density at radius 1 is 1.33 bits per heavy atom. The number of hydrogen-bond acceptors (Lipinski definition) is 6. The second-order valence-corrected chi connectivity index (χ2v) is 7.97. The van der Waals surface area contributed by atoms with Gasteiger partial charge in [-0.2, -0.15) is 16.3 Å². The van der Waals surface area contributed by atoms with Crippen molar-refractivity contribution in [1.29, 1.82) is 0 Å². The summed E-state index contributed by atoms with van der Waals surface area (Å²) in [6, 6.07) is 3.92. The molecule has 2 saturated heterocycles. The Kier molecular flexibility index (Phi) is 5.73. The van der Waals surface area contributed by atoms with Crippen LogP contribution in [0.4, 0.5) is 16.2 Å². The molecule has 27 heavy (non-hydrogen) atoms. The van der Waals surface area contributed by atoms with Gasteiger partial charge in [-0.1, -0.05) is 12.8 Å². The maximum atomic E-state index is 13.6. The third kappa shape index (κ3) is 4.50.